The molecule has 222 valence electrons. The number of hydrogen-bond acceptors (Lipinski definition) is 6. The molecule has 2 amide bonds. The van der Waals surface area contributed by atoms with E-state index in [0.29, 0.717) is 53.0 Å². The summed E-state index contributed by atoms with van der Waals surface area (Å²) in [6.07, 6.45) is 1.92. The third-order valence-corrected chi connectivity index (χ3v) is 9.73. The van der Waals surface area contributed by atoms with Crippen molar-refractivity contribution < 1.29 is 22.7 Å². The number of amides is 2. The summed E-state index contributed by atoms with van der Waals surface area (Å²) in [4.78, 5) is 31.3. The van der Waals surface area contributed by atoms with Crippen LogP contribution in [0.15, 0.2) is 47.4 Å². The number of aryl methyl sites for hydroxylation is 1. The fraction of sp³-hybridized carbons (Fsp3) is 0.333. The Bertz CT molecular complexity index is 1660. The second-order valence-corrected chi connectivity index (χ2v) is 12.8. The zero-order valence-corrected chi connectivity index (χ0v) is 25.4. The summed E-state index contributed by atoms with van der Waals surface area (Å²) in [5.74, 6) is -0.410. The summed E-state index contributed by atoms with van der Waals surface area (Å²) < 4.78 is 33.5. The number of benzene rings is 2. The number of ether oxygens (including phenoxy) is 1. The van der Waals surface area contributed by atoms with Crippen molar-refractivity contribution in [3.63, 3.8) is 0 Å². The molecule has 0 radical (unpaired) electrons. The molecule has 0 saturated carbocycles. The number of fused-ring (bicyclic) bond motifs is 1. The maximum Gasteiger partial charge on any atom is 0.264 e. The van der Waals surface area contributed by atoms with Gasteiger partial charge in [0.1, 0.15) is 0 Å². The minimum atomic E-state index is -3.94. The number of anilines is 2. The first-order chi connectivity index (χ1) is 20.0. The second-order valence-electron chi connectivity index (χ2n) is 10.4. The Balaban J connectivity index is 1.35. The predicted octanol–water partition coefficient (Wildman–Crippen LogP) is 3.59. The number of aromatic nitrogens is 1. The Morgan fingerprint density at radius 2 is 1.93 bits per heavy atom. The molecule has 1 saturated heterocycles. The minimum absolute atomic E-state index is 0.0416. The highest BCUT2D eigenvalue weighted by Crippen LogP contribution is 2.36. The van der Waals surface area contributed by atoms with E-state index in [2.05, 4.69) is 20.5 Å². The van der Waals surface area contributed by atoms with E-state index in [1.165, 1.54) is 19.2 Å². The number of carbonyl (C=O) groups is 2. The number of nitrogens with zero attached hydrogens (tertiary/aromatic N) is 2. The number of sulfonamides is 1. The van der Waals surface area contributed by atoms with Crippen LogP contribution in [0, 0.1) is 13.8 Å². The van der Waals surface area contributed by atoms with Gasteiger partial charge in [-0.05, 0) is 67.4 Å². The molecule has 2 aliphatic heterocycles. The average Bonchev–Trinajstić information content (AvgIpc) is 3.42. The smallest absolute Gasteiger partial charge is 0.264 e. The molecule has 10 nitrogen and oxygen atoms in total. The van der Waals surface area contributed by atoms with Gasteiger partial charge in [0.05, 0.1) is 35.8 Å². The Morgan fingerprint density at radius 3 is 2.67 bits per heavy atom. The first-order valence-electron chi connectivity index (χ1n) is 13.7. The number of morpholine rings is 1. The molecule has 2 aliphatic rings. The summed E-state index contributed by atoms with van der Waals surface area (Å²) in [6.45, 7) is 8.30. The van der Waals surface area contributed by atoms with E-state index in [1.54, 1.807) is 36.4 Å². The monoisotopic (exact) mass is 611 g/mol. The van der Waals surface area contributed by atoms with Crippen LogP contribution in [0.25, 0.3) is 11.6 Å². The summed E-state index contributed by atoms with van der Waals surface area (Å²) >= 11 is 6.07. The largest absolute Gasteiger partial charge is 0.379 e. The molecule has 0 aliphatic carbocycles. The van der Waals surface area contributed by atoms with Crippen LogP contribution in [0.5, 0.6) is 0 Å². The lowest BCUT2D eigenvalue weighted by Gasteiger charge is -2.26. The molecule has 0 atom stereocenters. The molecule has 1 fully saturated rings. The number of aromatic amines is 1. The lowest BCUT2D eigenvalue weighted by molar-refractivity contribution is -0.120. The number of carbonyl (C=O) groups excluding carboxylic acids is 2. The molecule has 42 heavy (non-hydrogen) atoms. The van der Waals surface area contributed by atoms with E-state index in [0.717, 1.165) is 40.8 Å². The van der Waals surface area contributed by atoms with Crippen LogP contribution in [-0.4, -0.2) is 76.6 Å². The Hall–Kier alpha value is -3.64. The first-order valence-corrected chi connectivity index (χ1v) is 15.5. The normalized spacial score (nSPS) is 16.4. The average molecular weight is 612 g/mol. The van der Waals surface area contributed by atoms with Crippen molar-refractivity contribution in [3.05, 3.63) is 75.6 Å². The SMILES string of the molecule is Cc1[nH]c(C=C2C(=O)Nc3ccc(S(=O)(=O)N(C)c4cccc(Cl)c4)cc32)c(C)c1CC(=O)NCCN1CCOCC1. The van der Waals surface area contributed by atoms with Gasteiger partial charge in [-0.3, -0.25) is 18.8 Å². The summed E-state index contributed by atoms with van der Waals surface area (Å²) in [6, 6.07) is 11.1. The Morgan fingerprint density at radius 1 is 1.17 bits per heavy atom. The van der Waals surface area contributed by atoms with E-state index in [-0.39, 0.29) is 23.1 Å². The number of nitrogens with one attached hydrogen (secondary N) is 3. The van der Waals surface area contributed by atoms with Crippen molar-refractivity contribution in [2.75, 3.05) is 56.1 Å². The number of halogens is 1. The molecule has 1 aromatic heterocycles. The molecule has 0 spiro atoms. The van der Waals surface area contributed by atoms with Crippen molar-refractivity contribution >= 4 is 56.5 Å². The van der Waals surface area contributed by atoms with Gasteiger partial charge in [-0.2, -0.15) is 0 Å². The van der Waals surface area contributed by atoms with Gasteiger partial charge >= 0.3 is 0 Å². The van der Waals surface area contributed by atoms with Gasteiger partial charge in [-0.15, -0.1) is 0 Å². The number of rotatable bonds is 9. The molecule has 0 bridgehead atoms. The van der Waals surface area contributed by atoms with Gasteiger partial charge in [0.25, 0.3) is 15.9 Å². The third kappa shape index (κ3) is 6.24. The van der Waals surface area contributed by atoms with Crippen LogP contribution in [0.2, 0.25) is 5.02 Å². The maximum absolute atomic E-state index is 13.5. The molecule has 12 heteroatoms. The summed E-state index contributed by atoms with van der Waals surface area (Å²) in [5, 5.41) is 6.23. The van der Waals surface area contributed by atoms with Crippen LogP contribution in [0.4, 0.5) is 11.4 Å². The topological polar surface area (TPSA) is 124 Å². The molecule has 3 aromatic rings. The van der Waals surface area contributed by atoms with Crippen molar-refractivity contribution in [1.29, 1.82) is 0 Å². The standard InChI is InChI=1S/C30H34ClN5O5S/c1-19-24(18-29(37)32-9-10-36-11-13-41-14-12-36)20(2)33-28(19)17-26-25-16-23(7-8-27(25)34-30(26)38)42(39,40)35(3)22-6-4-5-21(31)15-22/h4-8,15-17,33H,9-14,18H2,1-3H3,(H,32,37)(H,34,38). The van der Waals surface area contributed by atoms with Crippen LogP contribution in [0.3, 0.4) is 0 Å². The zero-order valence-electron chi connectivity index (χ0n) is 23.8. The highest BCUT2D eigenvalue weighted by atomic mass is 35.5. The molecule has 2 aromatic carbocycles. The van der Waals surface area contributed by atoms with Crippen LogP contribution in [-0.2, 0) is 30.8 Å². The summed E-state index contributed by atoms with van der Waals surface area (Å²) in [7, 11) is -2.48. The van der Waals surface area contributed by atoms with Crippen LogP contribution in [0.1, 0.15) is 28.1 Å². The number of H-pyrrole nitrogens is 1. The van der Waals surface area contributed by atoms with Crippen LogP contribution < -0.4 is 14.9 Å². The minimum Gasteiger partial charge on any atom is -0.379 e. The molecule has 0 unspecified atom stereocenters. The predicted molar refractivity (Wildman–Crippen MR) is 164 cm³/mol. The fourth-order valence-electron chi connectivity index (χ4n) is 5.21. The lowest BCUT2D eigenvalue weighted by Crippen LogP contribution is -2.41. The van der Waals surface area contributed by atoms with E-state index in [4.69, 9.17) is 16.3 Å². The second kappa shape index (κ2) is 12.3. The quantitative estimate of drug-likeness (QED) is 0.318. The fourth-order valence-corrected chi connectivity index (χ4v) is 6.61. The van der Waals surface area contributed by atoms with E-state index in [9.17, 15) is 18.0 Å². The maximum atomic E-state index is 13.5. The van der Waals surface area contributed by atoms with Gasteiger partial charge in [-0.1, -0.05) is 17.7 Å². The van der Waals surface area contributed by atoms with E-state index >= 15 is 0 Å². The van der Waals surface area contributed by atoms with Crippen molar-refractivity contribution in [2.24, 2.45) is 0 Å². The Labute approximate surface area is 250 Å². The Kier molecular flexibility index (Phi) is 8.74. The zero-order chi connectivity index (χ0) is 30.0. The van der Waals surface area contributed by atoms with Crippen molar-refractivity contribution in [1.82, 2.24) is 15.2 Å². The van der Waals surface area contributed by atoms with Gasteiger partial charge in [0.2, 0.25) is 5.91 Å². The lowest BCUT2D eigenvalue weighted by atomic mass is 10.0. The highest BCUT2D eigenvalue weighted by molar-refractivity contribution is 7.92. The van der Waals surface area contributed by atoms with Crippen LogP contribution >= 0.6 is 11.6 Å². The molecular weight excluding hydrogens is 578 g/mol. The molecular formula is C30H34ClN5O5S. The van der Waals surface area contributed by atoms with E-state index in [1.807, 2.05) is 13.8 Å². The molecule has 5 rings (SSSR count). The summed E-state index contributed by atoms with van der Waals surface area (Å²) in [5.41, 5.74) is 5.00. The number of hydrogen-bond donors (Lipinski definition) is 3. The van der Waals surface area contributed by atoms with E-state index < -0.39 is 10.0 Å². The van der Waals surface area contributed by atoms with Gasteiger partial charge in [-0.25, -0.2) is 8.42 Å². The third-order valence-electron chi connectivity index (χ3n) is 7.72. The first kappa shape index (κ1) is 29.8. The van der Waals surface area contributed by atoms with Crippen molar-refractivity contribution in [2.45, 2.75) is 25.2 Å². The highest BCUT2D eigenvalue weighted by Gasteiger charge is 2.29. The molecule has 3 N–H and O–H groups in total. The molecule has 3 heterocycles. The van der Waals surface area contributed by atoms with Gasteiger partial charge in [0.15, 0.2) is 0 Å². The van der Waals surface area contributed by atoms with Crippen molar-refractivity contribution in [3.8, 4) is 0 Å². The van der Waals surface area contributed by atoms with Gasteiger partial charge < -0.3 is 20.4 Å². The van der Waals surface area contributed by atoms with Gasteiger partial charge in [0, 0.05) is 60.9 Å².